The molecule has 3 amide bonds. The van der Waals surface area contributed by atoms with Crippen molar-refractivity contribution in [2.45, 2.75) is 46.3 Å². The fourth-order valence-corrected chi connectivity index (χ4v) is 3.02. The van der Waals surface area contributed by atoms with E-state index in [4.69, 9.17) is 0 Å². The number of fused-ring (bicyclic) bond motifs is 1. The summed E-state index contributed by atoms with van der Waals surface area (Å²) in [6.45, 7) is 10.4. The molecule has 1 atom stereocenters. The standard InChI is InChI=1S/C16H28N6O2/c1-6-10-11-22-13(23)12-16(17-7-2,20(5)15(22)24)19-14(18-12)21(8-3)9-4/h17H,6-11H2,1-5H3. The van der Waals surface area contributed by atoms with Crippen molar-refractivity contribution in [2.24, 2.45) is 9.98 Å². The predicted molar refractivity (Wildman–Crippen MR) is 94.0 cm³/mol. The van der Waals surface area contributed by atoms with Crippen molar-refractivity contribution in [1.82, 2.24) is 20.0 Å². The van der Waals surface area contributed by atoms with Crippen LogP contribution in [-0.4, -0.2) is 77.3 Å². The third kappa shape index (κ3) is 2.79. The Kier molecular flexibility index (Phi) is 5.58. The summed E-state index contributed by atoms with van der Waals surface area (Å²) in [6, 6.07) is -0.335. The van der Waals surface area contributed by atoms with Gasteiger partial charge in [-0.05, 0) is 26.8 Å². The summed E-state index contributed by atoms with van der Waals surface area (Å²) in [4.78, 5) is 39.6. The number of urea groups is 1. The molecule has 0 bridgehead atoms. The summed E-state index contributed by atoms with van der Waals surface area (Å²) in [5, 5.41) is 3.19. The molecule has 0 aromatic heterocycles. The molecule has 8 nitrogen and oxygen atoms in total. The van der Waals surface area contributed by atoms with Gasteiger partial charge in [0.05, 0.1) is 0 Å². The van der Waals surface area contributed by atoms with E-state index in [1.54, 1.807) is 7.05 Å². The van der Waals surface area contributed by atoms with Crippen LogP contribution in [0.1, 0.15) is 40.5 Å². The fraction of sp³-hybridized carbons (Fsp3) is 0.750. The van der Waals surface area contributed by atoms with Gasteiger partial charge in [0.2, 0.25) is 11.7 Å². The second-order valence-corrected chi connectivity index (χ2v) is 5.90. The molecule has 1 saturated heterocycles. The zero-order valence-electron chi connectivity index (χ0n) is 15.3. The van der Waals surface area contributed by atoms with Crippen LogP contribution in [0, 0.1) is 0 Å². The maximum absolute atomic E-state index is 12.9. The van der Waals surface area contributed by atoms with E-state index < -0.39 is 5.79 Å². The smallest absolute Gasteiger partial charge is 0.330 e. The molecule has 1 unspecified atom stereocenters. The number of hydrogen-bond acceptors (Lipinski definition) is 6. The second-order valence-electron chi connectivity index (χ2n) is 5.90. The average molecular weight is 336 g/mol. The Labute approximate surface area is 143 Å². The normalized spacial score (nSPS) is 23.4. The zero-order chi connectivity index (χ0) is 17.9. The number of nitrogens with zero attached hydrogens (tertiary/aromatic N) is 5. The van der Waals surface area contributed by atoms with Gasteiger partial charge in [0.25, 0.3) is 5.91 Å². The van der Waals surface area contributed by atoms with E-state index in [-0.39, 0.29) is 17.6 Å². The van der Waals surface area contributed by atoms with Gasteiger partial charge in [0.1, 0.15) is 0 Å². The lowest BCUT2D eigenvalue weighted by molar-refractivity contribution is -0.124. The Hall–Kier alpha value is -1.96. The minimum absolute atomic E-state index is 0.282. The summed E-state index contributed by atoms with van der Waals surface area (Å²) in [6.07, 6.45) is 1.68. The Morgan fingerprint density at radius 3 is 2.38 bits per heavy atom. The number of carbonyl (C=O) groups is 2. The SMILES string of the molecule is CCCCN1C(=O)C2=NC(N(CC)CC)=NC2(NCC)N(C)C1=O. The molecule has 0 aliphatic carbocycles. The molecule has 0 saturated carbocycles. The van der Waals surface area contributed by atoms with Gasteiger partial charge in [-0.2, -0.15) is 0 Å². The molecule has 2 aliphatic rings. The van der Waals surface area contributed by atoms with Gasteiger partial charge >= 0.3 is 6.03 Å². The van der Waals surface area contributed by atoms with Crippen LogP contribution in [0.3, 0.4) is 0 Å². The van der Waals surface area contributed by atoms with Gasteiger partial charge in [-0.15, -0.1) is 0 Å². The van der Waals surface area contributed by atoms with E-state index in [2.05, 4.69) is 15.3 Å². The Bertz CT molecular complexity index is 569. The number of hydrogen-bond donors (Lipinski definition) is 1. The first-order chi connectivity index (χ1) is 11.5. The molecule has 1 fully saturated rings. The average Bonchev–Trinajstić information content (AvgIpc) is 2.95. The van der Waals surface area contributed by atoms with Gasteiger partial charge in [-0.1, -0.05) is 20.3 Å². The highest BCUT2D eigenvalue weighted by molar-refractivity contribution is 6.48. The van der Waals surface area contributed by atoms with Crippen molar-refractivity contribution in [3.8, 4) is 0 Å². The lowest BCUT2D eigenvalue weighted by atomic mass is 10.1. The molecule has 24 heavy (non-hydrogen) atoms. The van der Waals surface area contributed by atoms with Crippen LogP contribution in [0.4, 0.5) is 4.79 Å². The molecule has 1 N–H and O–H groups in total. The lowest BCUT2D eigenvalue weighted by Gasteiger charge is -2.43. The highest BCUT2D eigenvalue weighted by atomic mass is 16.2. The molecule has 2 rings (SSSR count). The van der Waals surface area contributed by atoms with Crippen molar-refractivity contribution < 1.29 is 9.59 Å². The second kappa shape index (κ2) is 7.29. The Morgan fingerprint density at radius 1 is 1.17 bits per heavy atom. The van der Waals surface area contributed by atoms with Crippen molar-refractivity contribution in [2.75, 3.05) is 33.2 Å². The van der Waals surface area contributed by atoms with Crippen LogP contribution in [0.15, 0.2) is 9.98 Å². The molecule has 2 heterocycles. The fourth-order valence-electron chi connectivity index (χ4n) is 3.02. The quantitative estimate of drug-likeness (QED) is 0.755. The minimum atomic E-state index is -1.19. The van der Waals surface area contributed by atoms with Crippen LogP contribution in [-0.2, 0) is 4.79 Å². The van der Waals surface area contributed by atoms with Crippen molar-refractivity contribution in [1.29, 1.82) is 0 Å². The summed E-state index contributed by atoms with van der Waals surface area (Å²) < 4.78 is 0. The van der Waals surface area contributed by atoms with E-state index in [9.17, 15) is 9.59 Å². The molecule has 134 valence electrons. The van der Waals surface area contributed by atoms with Gasteiger partial charge in [-0.25, -0.2) is 14.8 Å². The third-order valence-corrected chi connectivity index (χ3v) is 4.46. The minimum Gasteiger partial charge on any atom is -0.342 e. The number of imide groups is 1. The first kappa shape index (κ1) is 18.4. The number of carbonyl (C=O) groups excluding carboxylic acids is 2. The van der Waals surface area contributed by atoms with E-state index in [1.165, 1.54) is 9.80 Å². The number of nitrogens with one attached hydrogen (secondary N) is 1. The largest absolute Gasteiger partial charge is 0.342 e. The van der Waals surface area contributed by atoms with Crippen LogP contribution in [0.2, 0.25) is 0 Å². The van der Waals surface area contributed by atoms with Gasteiger partial charge < -0.3 is 4.90 Å². The lowest BCUT2D eigenvalue weighted by Crippen LogP contribution is -2.72. The molecule has 0 radical (unpaired) electrons. The van der Waals surface area contributed by atoms with E-state index in [0.29, 0.717) is 19.0 Å². The van der Waals surface area contributed by atoms with E-state index in [1.807, 2.05) is 32.6 Å². The van der Waals surface area contributed by atoms with Crippen LogP contribution >= 0.6 is 0 Å². The summed E-state index contributed by atoms with van der Waals surface area (Å²) in [5.41, 5.74) is 0.282. The topological polar surface area (TPSA) is 80.6 Å². The molecule has 8 heteroatoms. The van der Waals surface area contributed by atoms with Gasteiger partial charge in [0.15, 0.2) is 5.71 Å². The number of aliphatic imine (C=N–C) groups is 2. The molecular weight excluding hydrogens is 308 g/mol. The Morgan fingerprint density at radius 2 is 1.83 bits per heavy atom. The molecule has 0 aromatic rings. The molecule has 2 aliphatic heterocycles. The first-order valence-electron chi connectivity index (χ1n) is 8.75. The maximum Gasteiger partial charge on any atom is 0.330 e. The Balaban J connectivity index is 2.47. The predicted octanol–water partition coefficient (Wildman–Crippen LogP) is 1.10. The molecule has 0 aromatic carbocycles. The third-order valence-electron chi connectivity index (χ3n) is 4.46. The van der Waals surface area contributed by atoms with Crippen LogP contribution in [0.25, 0.3) is 0 Å². The van der Waals surface area contributed by atoms with E-state index >= 15 is 0 Å². The van der Waals surface area contributed by atoms with Crippen molar-refractivity contribution in [3.63, 3.8) is 0 Å². The van der Waals surface area contributed by atoms with Crippen LogP contribution in [0.5, 0.6) is 0 Å². The zero-order valence-corrected chi connectivity index (χ0v) is 15.3. The molecular formula is C16H28N6O2. The van der Waals surface area contributed by atoms with Crippen molar-refractivity contribution >= 4 is 23.6 Å². The summed E-state index contributed by atoms with van der Waals surface area (Å²) >= 11 is 0. The summed E-state index contributed by atoms with van der Waals surface area (Å²) in [5.74, 6) is -1.04. The number of guanidine groups is 1. The number of amides is 3. The highest BCUT2D eigenvalue weighted by Crippen LogP contribution is 2.29. The molecule has 0 spiro atoms. The highest BCUT2D eigenvalue weighted by Gasteiger charge is 2.56. The number of unbranched alkanes of at least 4 members (excludes halogenated alkanes) is 1. The maximum atomic E-state index is 12.9. The summed E-state index contributed by atoms with van der Waals surface area (Å²) in [7, 11) is 1.67. The van der Waals surface area contributed by atoms with Crippen LogP contribution < -0.4 is 5.32 Å². The number of rotatable bonds is 7. The van der Waals surface area contributed by atoms with Gasteiger partial charge in [0, 0.05) is 26.7 Å². The van der Waals surface area contributed by atoms with Crippen molar-refractivity contribution in [3.05, 3.63) is 0 Å². The monoisotopic (exact) mass is 336 g/mol. The van der Waals surface area contributed by atoms with Gasteiger partial charge in [-0.3, -0.25) is 19.9 Å². The first-order valence-corrected chi connectivity index (χ1v) is 8.75. The van der Waals surface area contributed by atoms with E-state index in [0.717, 1.165) is 25.9 Å².